The summed E-state index contributed by atoms with van der Waals surface area (Å²) in [6.45, 7) is 1.12. The number of nitrogens with one attached hydrogen (secondary N) is 1. The Morgan fingerprint density at radius 1 is 1.15 bits per heavy atom. The highest BCUT2D eigenvalue weighted by atomic mass is 16.5. The SMILES string of the molecule is CN1CCOc2ccccc2-c2cnc(N)c(n2)C(=O)Nc2ccccc21. The van der Waals surface area contributed by atoms with Crippen LogP contribution in [0.3, 0.4) is 0 Å². The van der Waals surface area contributed by atoms with Crippen LogP contribution in [0.25, 0.3) is 11.3 Å². The van der Waals surface area contributed by atoms with Crippen molar-refractivity contribution in [2.24, 2.45) is 0 Å². The number of anilines is 3. The van der Waals surface area contributed by atoms with Crippen molar-refractivity contribution in [1.29, 1.82) is 0 Å². The van der Waals surface area contributed by atoms with Crippen LogP contribution in [0.2, 0.25) is 0 Å². The van der Waals surface area contributed by atoms with E-state index in [0.717, 1.165) is 11.3 Å². The van der Waals surface area contributed by atoms with E-state index in [9.17, 15) is 4.79 Å². The van der Waals surface area contributed by atoms with E-state index in [1.165, 1.54) is 0 Å². The van der Waals surface area contributed by atoms with Gasteiger partial charge in [0.2, 0.25) is 0 Å². The molecule has 0 spiro atoms. The number of hydrogen-bond acceptors (Lipinski definition) is 6. The second-order valence-corrected chi connectivity index (χ2v) is 6.23. The summed E-state index contributed by atoms with van der Waals surface area (Å²) in [6.07, 6.45) is 1.55. The molecule has 7 heteroatoms. The molecule has 7 nitrogen and oxygen atoms in total. The van der Waals surface area contributed by atoms with Crippen molar-refractivity contribution < 1.29 is 9.53 Å². The third-order valence-electron chi connectivity index (χ3n) is 4.43. The molecule has 1 aromatic heterocycles. The predicted octanol–water partition coefficient (Wildman–Crippen LogP) is 2.81. The standard InChI is InChI=1S/C20H19N5O2/c1-25-10-11-27-17-9-5-2-6-13(17)15-12-22-19(21)18(23-15)20(26)24-14-7-3-4-8-16(14)25/h2-9,12H,10-11H2,1H3,(H2,21,22)(H,24,26). The van der Waals surface area contributed by atoms with E-state index in [1.54, 1.807) is 6.20 Å². The molecule has 0 saturated carbocycles. The fourth-order valence-corrected chi connectivity index (χ4v) is 3.01. The first-order chi connectivity index (χ1) is 13.1. The maximum absolute atomic E-state index is 12.8. The smallest absolute Gasteiger partial charge is 0.278 e. The summed E-state index contributed by atoms with van der Waals surface area (Å²) < 4.78 is 5.99. The summed E-state index contributed by atoms with van der Waals surface area (Å²) in [5, 5.41) is 2.90. The highest BCUT2D eigenvalue weighted by Crippen LogP contribution is 2.30. The van der Waals surface area contributed by atoms with Crippen LogP contribution in [-0.2, 0) is 0 Å². The number of aromatic nitrogens is 2. The van der Waals surface area contributed by atoms with Gasteiger partial charge >= 0.3 is 0 Å². The fourth-order valence-electron chi connectivity index (χ4n) is 3.01. The van der Waals surface area contributed by atoms with Crippen LogP contribution in [0.5, 0.6) is 5.75 Å². The van der Waals surface area contributed by atoms with Crippen molar-refractivity contribution in [2.75, 3.05) is 36.1 Å². The van der Waals surface area contributed by atoms with Gasteiger partial charge in [-0.05, 0) is 24.3 Å². The predicted molar refractivity (Wildman–Crippen MR) is 105 cm³/mol. The van der Waals surface area contributed by atoms with Gasteiger partial charge in [0.1, 0.15) is 12.4 Å². The number of fused-ring (bicyclic) bond motifs is 5. The lowest BCUT2D eigenvalue weighted by Crippen LogP contribution is -2.25. The molecule has 1 aliphatic rings. The average molecular weight is 361 g/mol. The molecule has 0 fully saturated rings. The Labute approximate surface area is 156 Å². The molecule has 27 heavy (non-hydrogen) atoms. The van der Waals surface area contributed by atoms with E-state index in [0.29, 0.717) is 30.3 Å². The molecule has 0 unspecified atom stereocenters. The van der Waals surface area contributed by atoms with Crippen LogP contribution in [0, 0.1) is 0 Å². The van der Waals surface area contributed by atoms with Gasteiger partial charge in [-0.3, -0.25) is 4.79 Å². The third-order valence-corrected chi connectivity index (χ3v) is 4.43. The number of hydrogen-bond donors (Lipinski definition) is 2. The number of carbonyl (C=O) groups is 1. The van der Waals surface area contributed by atoms with Gasteiger partial charge in [0.15, 0.2) is 11.5 Å². The number of benzene rings is 2. The van der Waals surface area contributed by atoms with Gasteiger partial charge < -0.3 is 20.7 Å². The molecule has 0 aliphatic carbocycles. The molecule has 3 N–H and O–H groups in total. The number of nitrogen functional groups attached to an aromatic ring is 1. The molecular formula is C20H19N5O2. The summed E-state index contributed by atoms with van der Waals surface area (Å²) in [5.74, 6) is 0.361. The van der Waals surface area contributed by atoms with Gasteiger partial charge in [-0.15, -0.1) is 0 Å². The summed E-state index contributed by atoms with van der Waals surface area (Å²) in [6, 6.07) is 15.1. The molecule has 2 aromatic carbocycles. The van der Waals surface area contributed by atoms with E-state index in [2.05, 4.69) is 15.3 Å². The Morgan fingerprint density at radius 2 is 1.93 bits per heavy atom. The largest absolute Gasteiger partial charge is 0.491 e. The van der Waals surface area contributed by atoms with Crippen molar-refractivity contribution in [1.82, 2.24) is 9.97 Å². The molecular weight excluding hydrogens is 342 g/mol. The van der Waals surface area contributed by atoms with E-state index in [1.807, 2.05) is 60.5 Å². The van der Waals surface area contributed by atoms with E-state index in [4.69, 9.17) is 10.5 Å². The van der Waals surface area contributed by atoms with Crippen LogP contribution in [0.4, 0.5) is 17.2 Å². The number of ether oxygens (including phenoxy) is 1. The lowest BCUT2D eigenvalue weighted by Gasteiger charge is -2.22. The molecule has 1 amide bonds. The number of carbonyl (C=O) groups excluding carboxylic acids is 1. The highest BCUT2D eigenvalue weighted by molar-refractivity contribution is 6.07. The summed E-state index contributed by atoms with van der Waals surface area (Å²) >= 11 is 0. The molecule has 3 aromatic rings. The molecule has 2 heterocycles. The Bertz CT molecular complexity index is 1010. The third kappa shape index (κ3) is 3.27. The van der Waals surface area contributed by atoms with E-state index in [-0.39, 0.29) is 11.5 Å². The van der Waals surface area contributed by atoms with Gasteiger partial charge in [0, 0.05) is 12.6 Å². The van der Waals surface area contributed by atoms with E-state index < -0.39 is 5.91 Å². The molecule has 4 rings (SSSR count). The lowest BCUT2D eigenvalue weighted by molar-refractivity contribution is 0.102. The number of nitrogens with two attached hydrogens (primary N) is 1. The highest BCUT2D eigenvalue weighted by Gasteiger charge is 2.19. The average Bonchev–Trinajstić information content (AvgIpc) is 2.69. The van der Waals surface area contributed by atoms with Gasteiger partial charge in [-0.25, -0.2) is 9.97 Å². The summed E-state index contributed by atoms with van der Waals surface area (Å²) in [7, 11) is 1.95. The maximum atomic E-state index is 12.8. The first-order valence-corrected chi connectivity index (χ1v) is 8.60. The second-order valence-electron chi connectivity index (χ2n) is 6.23. The normalized spacial score (nSPS) is 13.8. The monoisotopic (exact) mass is 361 g/mol. The minimum absolute atomic E-state index is 0.0790. The Hall–Kier alpha value is -3.61. The number of likely N-dealkylation sites (N-methyl/N-ethyl adjacent to an activating group) is 1. The number of nitrogens with zero attached hydrogens (tertiary/aromatic N) is 3. The number of amides is 1. The zero-order chi connectivity index (χ0) is 18.8. The second kappa shape index (κ2) is 6.95. The van der Waals surface area contributed by atoms with Gasteiger partial charge in [-0.1, -0.05) is 24.3 Å². The maximum Gasteiger partial charge on any atom is 0.278 e. The first kappa shape index (κ1) is 16.8. The lowest BCUT2D eigenvalue weighted by atomic mass is 10.1. The molecule has 0 atom stereocenters. The fraction of sp³-hybridized carbons (Fsp3) is 0.150. The number of para-hydroxylation sites is 3. The van der Waals surface area contributed by atoms with Crippen LogP contribution in [0.1, 0.15) is 10.5 Å². The zero-order valence-electron chi connectivity index (χ0n) is 14.8. The molecule has 1 aliphatic heterocycles. The Morgan fingerprint density at radius 3 is 2.81 bits per heavy atom. The van der Waals surface area contributed by atoms with Crippen molar-refractivity contribution in [2.45, 2.75) is 0 Å². The summed E-state index contributed by atoms with van der Waals surface area (Å²) in [5.41, 5.74) is 8.86. The van der Waals surface area contributed by atoms with Crippen LogP contribution in [-0.4, -0.2) is 36.1 Å². The summed E-state index contributed by atoms with van der Waals surface area (Å²) in [4.78, 5) is 23.5. The van der Waals surface area contributed by atoms with Crippen molar-refractivity contribution in [3.05, 3.63) is 60.4 Å². The molecule has 0 saturated heterocycles. The van der Waals surface area contributed by atoms with Crippen LogP contribution < -0.4 is 20.7 Å². The van der Waals surface area contributed by atoms with Gasteiger partial charge in [0.05, 0.1) is 29.8 Å². The van der Waals surface area contributed by atoms with Crippen molar-refractivity contribution >= 4 is 23.1 Å². The zero-order valence-corrected chi connectivity index (χ0v) is 14.8. The first-order valence-electron chi connectivity index (χ1n) is 8.60. The van der Waals surface area contributed by atoms with Crippen LogP contribution >= 0.6 is 0 Å². The minimum Gasteiger partial charge on any atom is -0.491 e. The van der Waals surface area contributed by atoms with Crippen molar-refractivity contribution in [3.63, 3.8) is 0 Å². The Balaban J connectivity index is 1.85. The number of rotatable bonds is 0. The Kier molecular flexibility index (Phi) is 4.33. The van der Waals surface area contributed by atoms with Crippen LogP contribution in [0.15, 0.2) is 54.7 Å². The molecule has 136 valence electrons. The van der Waals surface area contributed by atoms with Crippen molar-refractivity contribution in [3.8, 4) is 17.0 Å². The van der Waals surface area contributed by atoms with E-state index >= 15 is 0 Å². The molecule has 0 radical (unpaired) electrons. The quantitative estimate of drug-likeness (QED) is 0.639. The van der Waals surface area contributed by atoms with Gasteiger partial charge in [-0.2, -0.15) is 0 Å². The molecule has 2 bridgehead atoms. The topological polar surface area (TPSA) is 93.4 Å². The van der Waals surface area contributed by atoms with Gasteiger partial charge in [0.25, 0.3) is 5.91 Å². The minimum atomic E-state index is -0.402.